The second kappa shape index (κ2) is 5.06. The minimum atomic E-state index is -4.36. The van der Waals surface area contributed by atoms with Crippen LogP contribution in [0.2, 0.25) is 0 Å². The molecule has 0 spiro atoms. The van der Waals surface area contributed by atoms with Crippen LogP contribution in [-0.2, 0) is 12.8 Å². The number of nitrogens with zero attached hydrogens (tertiary/aromatic N) is 1. The monoisotopic (exact) mass is 306 g/mol. The first kappa shape index (κ1) is 14.5. The molecule has 0 bridgehead atoms. The minimum Gasteiger partial charge on any atom is -0.399 e. The van der Waals surface area contributed by atoms with Crippen LogP contribution < -0.4 is 5.73 Å². The minimum absolute atomic E-state index is 0.173. The molecule has 3 rings (SSSR count). The van der Waals surface area contributed by atoms with E-state index in [4.69, 9.17) is 5.73 Å². The molecule has 22 heavy (non-hydrogen) atoms. The van der Waals surface area contributed by atoms with Crippen molar-refractivity contribution < 1.29 is 18.3 Å². The number of nitrogens with two attached hydrogens (primary N) is 1. The van der Waals surface area contributed by atoms with E-state index < -0.39 is 11.7 Å². The summed E-state index contributed by atoms with van der Waals surface area (Å²) >= 11 is 0. The number of hydrogen-bond donors (Lipinski definition) is 2. The van der Waals surface area contributed by atoms with E-state index in [0.717, 1.165) is 23.0 Å². The van der Waals surface area contributed by atoms with Crippen LogP contribution in [0.5, 0.6) is 0 Å². The highest BCUT2D eigenvalue weighted by atomic mass is 19.4. The van der Waals surface area contributed by atoms with Gasteiger partial charge in [-0.05, 0) is 42.5 Å². The Labute approximate surface area is 124 Å². The molecule has 3 nitrogen and oxygen atoms in total. The fourth-order valence-electron chi connectivity index (χ4n) is 2.47. The molecule has 0 atom stereocenters. The van der Waals surface area contributed by atoms with Crippen molar-refractivity contribution in [3.05, 3.63) is 59.8 Å². The Bertz CT molecular complexity index is 820. The highest BCUT2D eigenvalue weighted by Gasteiger charge is 2.30. The predicted octanol–water partition coefficient (Wildman–Crippen LogP) is 3.72. The Morgan fingerprint density at radius 3 is 2.32 bits per heavy atom. The number of nitrogen functional groups attached to an aromatic ring is 1. The molecule has 1 aromatic heterocycles. The highest BCUT2D eigenvalue weighted by molar-refractivity contribution is 5.88. The van der Waals surface area contributed by atoms with Gasteiger partial charge in [0.25, 0.3) is 0 Å². The molecule has 0 unspecified atom stereocenters. The third kappa shape index (κ3) is 2.42. The molecule has 0 aliphatic heterocycles. The third-order valence-electron chi connectivity index (χ3n) is 3.55. The van der Waals surface area contributed by atoms with Gasteiger partial charge in [0.05, 0.1) is 17.7 Å². The number of benzene rings is 2. The lowest BCUT2D eigenvalue weighted by Crippen LogP contribution is -2.04. The highest BCUT2D eigenvalue weighted by Crippen LogP contribution is 2.31. The van der Waals surface area contributed by atoms with Gasteiger partial charge in [0.15, 0.2) is 0 Å². The Balaban J connectivity index is 2.14. The number of anilines is 1. The van der Waals surface area contributed by atoms with E-state index in [0.29, 0.717) is 16.9 Å². The molecule has 0 aliphatic carbocycles. The third-order valence-corrected chi connectivity index (χ3v) is 3.55. The normalized spacial score (nSPS) is 12.0. The van der Waals surface area contributed by atoms with Crippen molar-refractivity contribution in [2.45, 2.75) is 12.8 Å². The van der Waals surface area contributed by atoms with Crippen LogP contribution in [0.1, 0.15) is 11.1 Å². The summed E-state index contributed by atoms with van der Waals surface area (Å²) in [5.41, 5.74) is 7.64. The lowest BCUT2D eigenvalue weighted by atomic mass is 10.1. The van der Waals surface area contributed by atoms with Crippen LogP contribution >= 0.6 is 0 Å². The maximum Gasteiger partial charge on any atom is 0.416 e. The van der Waals surface area contributed by atoms with Crippen LogP contribution in [-0.4, -0.2) is 9.67 Å². The Morgan fingerprint density at radius 1 is 1.05 bits per heavy atom. The maximum atomic E-state index is 12.6. The first-order valence-electron chi connectivity index (χ1n) is 6.58. The van der Waals surface area contributed by atoms with E-state index >= 15 is 0 Å². The zero-order chi connectivity index (χ0) is 15.9. The number of fused-ring (bicyclic) bond motifs is 1. The second-order valence-electron chi connectivity index (χ2n) is 5.00. The van der Waals surface area contributed by atoms with Gasteiger partial charge in [-0.3, -0.25) is 0 Å². The van der Waals surface area contributed by atoms with Gasteiger partial charge in [-0.2, -0.15) is 13.2 Å². The van der Waals surface area contributed by atoms with E-state index in [1.165, 1.54) is 12.1 Å². The summed E-state index contributed by atoms with van der Waals surface area (Å²) in [6.45, 7) is -0.173. The summed E-state index contributed by atoms with van der Waals surface area (Å²) in [4.78, 5) is 0. The molecule has 0 fully saturated rings. The lowest BCUT2D eigenvalue weighted by molar-refractivity contribution is -0.137. The van der Waals surface area contributed by atoms with Crippen molar-refractivity contribution in [1.82, 2.24) is 4.57 Å². The molecule has 6 heteroatoms. The van der Waals surface area contributed by atoms with Crippen molar-refractivity contribution in [3.63, 3.8) is 0 Å². The number of hydrogen-bond acceptors (Lipinski definition) is 2. The number of aliphatic hydroxyl groups excluding tert-OH is 1. The van der Waals surface area contributed by atoms with Crippen molar-refractivity contribution in [3.8, 4) is 5.69 Å². The molecule has 114 valence electrons. The summed E-state index contributed by atoms with van der Waals surface area (Å²) in [5.74, 6) is 0. The molecular weight excluding hydrogens is 293 g/mol. The number of rotatable bonds is 2. The zero-order valence-corrected chi connectivity index (χ0v) is 11.4. The summed E-state index contributed by atoms with van der Waals surface area (Å²) in [5, 5.41) is 10.2. The lowest BCUT2D eigenvalue weighted by Gasteiger charge is -2.09. The van der Waals surface area contributed by atoms with Gasteiger partial charge in [-0.1, -0.05) is 0 Å². The Morgan fingerprint density at radius 2 is 1.73 bits per heavy atom. The molecule has 1 heterocycles. The smallest absolute Gasteiger partial charge is 0.399 e. The Kier molecular flexibility index (Phi) is 3.33. The van der Waals surface area contributed by atoms with Crippen LogP contribution in [0.15, 0.2) is 48.7 Å². The molecule has 0 saturated heterocycles. The molecule has 3 N–H and O–H groups in total. The van der Waals surface area contributed by atoms with Crippen molar-refractivity contribution in [1.29, 1.82) is 0 Å². The number of aromatic nitrogens is 1. The predicted molar refractivity (Wildman–Crippen MR) is 78.6 cm³/mol. The average molecular weight is 306 g/mol. The first-order valence-corrected chi connectivity index (χ1v) is 6.58. The van der Waals surface area contributed by atoms with E-state index in [9.17, 15) is 18.3 Å². The van der Waals surface area contributed by atoms with E-state index in [2.05, 4.69) is 0 Å². The molecule has 3 aromatic rings. The quantitative estimate of drug-likeness (QED) is 0.709. The van der Waals surface area contributed by atoms with E-state index in [1.54, 1.807) is 29.0 Å². The standard InChI is InChI=1S/C16H13F3N2O/c17-16(18,19)11-1-4-13(5-2-11)21-8-10(9-22)14-7-12(20)3-6-15(14)21/h1-8,22H,9,20H2. The number of halogens is 3. The fraction of sp³-hybridized carbons (Fsp3) is 0.125. The molecule has 0 aliphatic rings. The summed E-state index contributed by atoms with van der Waals surface area (Å²) in [6.07, 6.45) is -2.66. The number of alkyl halides is 3. The van der Waals surface area contributed by atoms with Gasteiger partial charge in [0.1, 0.15) is 0 Å². The fourth-order valence-corrected chi connectivity index (χ4v) is 2.47. The SMILES string of the molecule is Nc1ccc2c(c1)c(CO)cn2-c1ccc(C(F)(F)F)cc1. The molecule has 2 aromatic carbocycles. The molecule has 0 radical (unpaired) electrons. The van der Waals surface area contributed by atoms with Gasteiger partial charge < -0.3 is 15.4 Å². The van der Waals surface area contributed by atoms with Crippen LogP contribution in [0.3, 0.4) is 0 Å². The topological polar surface area (TPSA) is 51.2 Å². The summed E-state index contributed by atoms with van der Waals surface area (Å²) < 4.78 is 39.6. The summed E-state index contributed by atoms with van der Waals surface area (Å²) in [7, 11) is 0. The largest absolute Gasteiger partial charge is 0.416 e. The molecular formula is C16H13F3N2O. The van der Waals surface area contributed by atoms with Crippen LogP contribution in [0.4, 0.5) is 18.9 Å². The van der Waals surface area contributed by atoms with Crippen LogP contribution in [0, 0.1) is 0 Å². The van der Waals surface area contributed by atoms with Gasteiger partial charge in [-0.25, -0.2) is 0 Å². The van der Waals surface area contributed by atoms with Crippen molar-refractivity contribution in [2.75, 3.05) is 5.73 Å². The van der Waals surface area contributed by atoms with Gasteiger partial charge in [-0.15, -0.1) is 0 Å². The number of aliphatic hydroxyl groups is 1. The Hall–Kier alpha value is -2.47. The van der Waals surface area contributed by atoms with Gasteiger partial charge >= 0.3 is 6.18 Å². The van der Waals surface area contributed by atoms with Gasteiger partial charge in [0.2, 0.25) is 0 Å². The van der Waals surface area contributed by atoms with Crippen LogP contribution in [0.25, 0.3) is 16.6 Å². The molecule has 0 saturated carbocycles. The second-order valence-corrected chi connectivity index (χ2v) is 5.00. The average Bonchev–Trinajstić information content (AvgIpc) is 2.84. The van der Waals surface area contributed by atoms with Crippen molar-refractivity contribution >= 4 is 16.6 Å². The van der Waals surface area contributed by atoms with Crippen molar-refractivity contribution in [2.24, 2.45) is 0 Å². The first-order chi connectivity index (χ1) is 10.4. The van der Waals surface area contributed by atoms with E-state index in [1.807, 2.05) is 0 Å². The summed E-state index contributed by atoms with van der Waals surface area (Å²) in [6, 6.07) is 10.1. The van der Waals surface area contributed by atoms with Gasteiger partial charge in [0, 0.05) is 28.5 Å². The van der Waals surface area contributed by atoms with E-state index in [-0.39, 0.29) is 6.61 Å². The zero-order valence-electron chi connectivity index (χ0n) is 11.4. The maximum absolute atomic E-state index is 12.6. The molecule has 0 amide bonds.